The lowest BCUT2D eigenvalue weighted by atomic mass is 10.1. The van der Waals surface area contributed by atoms with E-state index < -0.39 is 0 Å². The van der Waals surface area contributed by atoms with Gasteiger partial charge in [0, 0.05) is 11.8 Å². The number of esters is 1. The molecular weight excluding hydrogens is 278 g/mol. The Kier molecular flexibility index (Phi) is 3.58. The predicted octanol–water partition coefficient (Wildman–Crippen LogP) is 2.45. The Morgan fingerprint density at radius 1 is 1.27 bits per heavy atom. The molecule has 0 unspecified atom stereocenters. The zero-order valence-electron chi connectivity index (χ0n) is 12.2. The van der Waals surface area contributed by atoms with Gasteiger partial charge in [-0.3, -0.25) is 0 Å². The lowest BCUT2D eigenvalue weighted by Crippen LogP contribution is -2.01. The van der Waals surface area contributed by atoms with Crippen LogP contribution < -0.4 is 0 Å². The second kappa shape index (κ2) is 5.70. The second-order valence-electron chi connectivity index (χ2n) is 4.74. The number of nitrogens with zero attached hydrogens (tertiary/aromatic N) is 2. The molecule has 1 aromatic carbocycles. The molecule has 5 heteroatoms. The maximum Gasteiger partial charge on any atom is 0.337 e. The Labute approximate surface area is 127 Å². The van der Waals surface area contributed by atoms with Crippen LogP contribution in [0.5, 0.6) is 0 Å². The number of aromatic amines is 1. The summed E-state index contributed by atoms with van der Waals surface area (Å²) < 4.78 is 4.72. The molecule has 5 nitrogen and oxygen atoms in total. The molecule has 2 aromatic heterocycles. The third-order valence-electron chi connectivity index (χ3n) is 3.25. The molecule has 22 heavy (non-hydrogen) atoms. The number of hydrogen-bond acceptors (Lipinski definition) is 4. The number of aromatic nitrogens is 3. The van der Waals surface area contributed by atoms with Gasteiger partial charge < -0.3 is 9.72 Å². The van der Waals surface area contributed by atoms with Crippen LogP contribution in [0.15, 0.2) is 36.7 Å². The van der Waals surface area contributed by atoms with Crippen LogP contribution in [0.3, 0.4) is 0 Å². The largest absolute Gasteiger partial charge is 0.465 e. The Morgan fingerprint density at radius 2 is 2.14 bits per heavy atom. The van der Waals surface area contributed by atoms with E-state index >= 15 is 0 Å². The Hall–Kier alpha value is -3.13. The van der Waals surface area contributed by atoms with Crippen molar-refractivity contribution in [1.82, 2.24) is 15.0 Å². The average molecular weight is 291 g/mol. The Bertz CT molecular complexity index is 916. The van der Waals surface area contributed by atoms with Crippen molar-refractivity contribution in [3.05, 3.63) is 59.0 Å². The Morgan fingerprint density at radius 3 is 2.95 bits per heavy atom. The fraction of sp³-hybridized carbons (Fsp3) is 0.118. The summed E-state index contributed by atoms with van der Waals surface area (Å²) in [6.45, 7) is 1.94. The lowest BCUT2D eigenvalue weighted by molar-refractivity contribution is 0.0600. The van der Waals surface area contributed by atoms with E-state index in [9.17, 15) is 4.79 Å². The lowest BCUT2D eigenvalue weighted by Gasteiger charge is -2.02. The number of aryl methyl sites for hydroxylation is 1. The van der Waals surface area contributed by atoms with Crippen molar-refractivity contribution >= 4 is 17.1 Å². The first kappa shape index (κ1) is 13.8. The van der Waals surface area contributed by atoms with Crippen LogP contribution in [0.1, 0.15) is 27.2 Å². The van der Waals surface area contributed by atoms with Crippen LogP contribution in [0, 0.1) is 18.8 Å². The minimum absolute atomic E-state index is 0.379. The SMILES string of the molecule is COC(=O)c1ccc(C)c(C#Cc2cnc3cc[nH]c3n2)c1. The number of benzene rings is 1. The molecule has 0 atom stereocenters. The summed E-state index contributed by atoms with van der Waals surface area (Å²) in [5, 5.41) is 0. The van der Waals surface area contributed by atoms with Crippen molar-refractivity contribution in [2.75, 3.05) is 7.11 Å². The molecule has 3 rings (SSSR count). The molecule has 0 fully saturated rings. The molecule has 0 saturated carbocycles. The molecule has 0 spiro atoms. The van der Waals surface area contributed by atoms with Gasteiger partial charge in [-0.1, -0.05) is 12.0 Å². The zero-order valence-corrected chi connectivity index (χ0v) is 12.2. The first-order valence-corrected chi connectivity index (χ1v) is 6.68. The van der Waals surface area contributed by atoms with Crippen LogP contribution >= 0.6 is 0 Å². The topological polar surface area (TPSA) is 67.9 Å². The van der Waals surface area contributed by atoms with Gasteiger partial charge in [-0.05, 0) is 36.6 Å². The predicted molar refractivity (Wildman–Crippen MR) is 82.4 cm³/mol. The highest BCUT2D eigenvalue weighted by Crippen LogP contribution is 2.12. The molecule has 3 aromatic rings. The molecule has 0 bridgehead atoms. The number of ether oxygens (including phenoxy) is 1. The molecule has 1 N–H and O–H groups in total. The van der Waals surface area contributed by atoms with Gasteiger partial charge in [-0.15, -0.1) is 0 Å². The smallest absolute Gasteiger partial charge is 0.337 e. The van der Waals surface area contributed by atoms with Crippen molar-refractivity contribution in [2.45, 2.75) is 6.92 Å². The van der Waals surface area contributed by atoms with Crippen LogP contribution in [0.2, 0.25) is 0 Å². The summed E-state index contributed by atoms with van der Waals surface area (Å²) in [7, 11) is 1.36. The van der Waals surface area contributed by atoms with Crippen LogP contribution in [-0.2, 0) is 4.74 Å². The first-order chi connectivity index (χ1) is 10.7. The van der Waals surface area contributed by atoms with E-state index in [1.54, 1.807) is 24.5 Å². The van der Waals surface area contributed by atoms with E-state index in [4.69, 9.17) is 4.74 Å². The maximum absolute atomic E-state index is 11.6. The fourth-order valence-corrected chi connectivity index (χ4v) is 2.02. The molecule has 0 saturated heterocycles. The van der Waals surface area contributed by atoms with E-state index in [1.165, 1.54) is 7.11 Å². The van der Waals surface area contributed by atoms with E-state index in [0.717, 1.165) is 16.6 Å². The third kappa shape index (κ3) is 2.67. The molecule has 0 aliphatic carbocycles. The van der Waals surface area contributed by atoms with E-state index in [-0.39, 0.29) is 5.97 Å². The van der Waals surface area contributed by atoms with Gasteiger partial charge >= 0.3 is 5.97 Å². The van der Waals surface area contributed by atoms with Crippen LogP contribution in [0.4, 0.5) is 0 Å². The molecule has 0 radical (unpaired) electrons. The number of carbonyl (C=O) groups excluding carboxylic acids is 1. The highest BCUT2D eigenvalue weighted by atomic mass is 16.5. The third-order valence-corrected chi connectivity index (χ3v) is 3.25. The monoisotopic (exact) mass is 291 g/mol. The summed E-state index contributed by atoms with van der Waals surface area (Å²) in [4.78, 5) is 23.2. The van der Waals surface area contributed by atoms with Crippen LogP contribution in [-0.4, -0.2) is 28.0 Å². The normalized spacial score (nSPS) is 10.1. The van der Waals surface area contributed by atoms with Gasteiger partial charge in [0.15, 0.2) is 5.65 Å². The summed E-state index contributed by atoms with van der Waals surface area (Å²) in [5.74, 6) is 5.62. The minimum Gasteiger partial charge on any atom is -0.465 e. The molecule has 0 aliphatic rings. The van der Waals surface area contributed by atoms with Gasteiger partial charge in [0.1, 0.15) is 11.2 Å². The van der Waals surface area contributed by atoms with Gasteiger partial charge in [0.2, 0.25) is 0 Å². The van der Waals surface area contributed by atoms with Crippen molar-refractivity contribution in [3.63, 3.8) is 0 Å². The number of H-pyrrole nitrogens is 1. The van der Waals surface area contributed by atoms with Gasteiger partial charge in [0.25, 0.3) is 0 Å². The number of fused-ring (bicyclic) bond motifs is 1. The quantitative estimate of drug-likeness (QED) is 0.552. The summed E-state index contributed by atoms with van der Waals surface area (Å²) >= 11 is 0. The minimum atomic E-state index is -0.379. The summed E-state index contributed by atoms with van der Waals surface area (Å²) in [5.41, 5.74) is 4.28. The number of rotatable bonds is 1. The van der Waals surface area contributed by atoms with E-state index in [1.807, 2.05) is 19.1 Å². The zero-order chi connectivity index (χ0) is 15.5. The molecule has 0 amide bonds. The molecule has 0 aliphatic heterocycles. The summed E-state index contributed by atoms with van der Waals surface area (Å²) in [6.07, 6.45) is 3.41. The van der Waals surface area contributed by atoms with Crippen molar-refractivity contribution in [1.29, 1.82) is 0 Å². The van der Waals surface area contributed by atoms with E-state index in [0.29, 0.717) is 16.9 Å². The standard InChI is InChI=1S/C17H13N3O2/c1-11-3-4-13(17(21)22-2)9-12(11)5-6-14-10-19-15-7-8-18-16(15)20-14/h3-4,7-10H,1-2H3,(H,18,20). The molecular formula is C17H13N3O2. The summed E-state index contributed by atoms with van der Waals surface area (Å²) in [6, 6.07) is 7.13. The highest BCUT2D eigenvalue weighted by Gasteiger charge is 2.06. The van der Waals surface area contributed by atoms with Crippen molar-refractivity contribution in [2.24, 2.45) is 0 Å². The molecule has 2 heterocycles. The van der Waals surface area contributed by atoms with Gasteiger partial charge in [-0.2, -0.15) is 0 Å². The van der Waals surface area contributed by atoms with E-state index in [2.05, 4.69) is 26.8 Å². The number of hydrogen-bond donors (Lipinski definition) is 1. The number of nitrogens with one attached hydrogen (secondary N) is 1. The fourth-order valence-electron chi connectivity index (χ4n) is 2.02. The van der Waals surface area contributed by atoms with Crippen molar-refractivity contribution < 1.29 is 9.53 Å². The second-order valence-corrected chi connectivity index (χ2v) is 4.74. The van der Waals surface area contributed by atoms with Gasteiger partial charge in [-0.25, -0.2) is 14.8 Å². The van der Waals surface area contributed by atoms with Crippen molar-refractivity contribution in [3.8, 4) is 11.8 Å². The van der Waals surface area contributed by atoms with Crippen LogP contribution in [0.25, 0.3) is 11.2 Å². The van der Waals surface area contributed by atoms with Gasteiger partial charge in [0.05, 0.1) is 18.9 Å². The maximum atomic E-state index is 11.6. The highest BCUT2D eigenvalue weighted by molar-refractivity contribution is 5.89. The number of carbonyl (C=O) groups is 1. The Balaban J connectivity index is 1.97. The number of methoxy groups -OCH3 is 1. The average Bonchev–Trinajstić information content (AvgIpc) is 3.01. The first-order valence-electron chi connectivity index (χ1n) is 6.68. The molecule has 108 valence electrons.